The first-order valence-electron chi connectivity index (χ1n) is 3.41. The Balaban J connectivity index is -0.000000180. The third-order valence-corrected chi connectivity index (χ3v) is 3.23. The van der Waals surface area contributed by atoms with E-state index in [9.17, 15) is 0 Å². The second kappa shape index (κ2) is 16.2. The van der Waals surface area contributed by atoms with Crippen molar-refractivity contribution in [2.24, 2.45) is 0 Å². The molecule has 0 rings (SSSR count). The molecule has 58 valence electrons. The molecule has 0 fully saturated rings. The molecular weight excluding hydrogens is 258 g/mol. The van der Waals surface area contributed by atoms with Crippen molar-refractivity contribution in [2.45, 2.75) is 36.8 Å². The zero-order chi connectivity index (χ0) is 5.54. The van der Waals surface area contributed by atoms with Crippen LogP contribution in [0.2, 0.25) is 4.18 Å². The van der Waals surface area contributed by atoms with E-state index in [-0.39, 0.29) is 24.8 Å². The van der Waals surface area contributed by atoms with Crippen LogP contribution < -0.4 is 0 Å². The van der Waals surface area contributed by atoms with Gasteiger partial charge in [-0.25, -0.2) is 0 Å². The van der Waals surface area contributed by atoms with Crippen LogP contribution in [0.25, 0.3) is 0 Å². The SMILES string of the molecule is CCCCC[CH2][InH2].Cl.Cl. The van der Waals surface area contributed by atoms with E-state index in [4.69, 9.17) is 0 Å². The standard InChI is InChI=1S/C6H13.2ClH.In.2H/c1-3-5-6-4-2;;;;;/h1,3-6H2,2H3;2*1H;;;. The smallest absolute Gasteiger partial charge is 0.147 e. The van der Waals surface area contributed by atoms with Gasteiger partial charge in [-0.1, -0.05) is 0 Å². The maximum Gasteiger partial charge on any atom is -0.147 e. The first-order chi connectivity index (χ1) is 3.41. The Labute approximate surface area is 85.6 Å². The van der Waals surface area contributed by atoms with Crippen molar-refractivity contribution in [1.29, 1.82) is 0 Å². The van der Waals surface area contributed by atoms with Gasteiger partial charge < -0.3 is 0 Å². The van der Waals surface area contributed by atoms with E-state index in [1.165, 1.54) is 25.7 Å². The number of halogens is 2. The van der Waals surface area contributed by atoms with Gasteiger partial charge in [0.1, 0.15) is 0 Å². The Morgan fingerprint density at radius 3 is 1.89 bits per heavy atom. The molecule has 0 aliphatic heterocycles. The van der Waals surface area contributed by atoms with Gasteiger partial charge in [0.25, 0.3) is 0 Å². The zero-order valence-corrected chi connectivity index (χ0v) is 13.7. The summed E-state index contributed by atoms with van der Waals surface area (Å²) < 4.78 is 1.57. The molecule has 0 bridgehead atoms. The predicted octanol–water partition coefficient (Wildman–Crippen LogP) is 2.46. The average molecular weight is 275 g/mol. The van der Waals surface area contributed by atoms with E-state index in [1.54, 1.807) is 4.18 Å². The Morgan fingerprint density at radius 2 is 1.56 bits per heavy atom. The molecule has 0 unspecified atom stereocenters. The van der Waals surface area contributed by atoms with E-state index in [1.807, 2.05) is 0 Å². The van der Waals surface area contributed by atoms with Gasteiger partial charge in [0.15, 0.2) is 0 Å². The second-order valence-corrected chi connectivity index (χ2v) is 4.91. The molecule has 9 heavy (non-hydrogen) atoms. The molecule has 0 N–H and O–H groups in total. The van der Waals surface area contributed by atoms with Gasteiger partial charge in [0, 0.05) is 0 Å². The Bertz CT molecular complexity index is 30.2. The molecular formula is C6H17Cl2In. The van der Waals surface area contributed by atoms with Crippen molar-refractivity contribution in [1.82, 2.24) is 0 Å². The van der Waals surface area contributed by atoms with Crippen LogP contribution in [-0.4, -0.2) is 24.4 Å². The molecule has 0 aliphatic rings. The fraction of sp³-hybridized carbons (Fsp3) is 1.00. The normalized spacial score (nSPS) is 7.22. The molecule has 0 radical (unpaired) electrons. The van der Waals surface area contributed by atoms with Crippen LogP contribution in [0.5, 0.6) is 0 Å². The number of hydrogen-bond donors (Lipinski definition) is 0. The van der Waals surface area contributed by atoms with Crippen LogP contribution >= 0.6 is 24.8 Å². The summed E-state index contributed by atoms with van der Waals surface area (Å²) in [7, 11) is 0. The van der Waals surface area contributed by atoms with Gasteiger partial charge in [-0.3, -0.25) is 0 Å². The Morgan fingerprint density at radius 1 is 1.00 bits per heavy atom. The molecule has 0 heterocycles. The monoisotopic (exact) mass is 274 g/mol. The Kier molecular flexibility index (Phi) is 30.3. The molecule has 0 aromatic rings. The molecule has 0 aromatic heterocycles. The fourth-order valence-corrected chi connectivity index (χ4v) is 2.10. The maximum absolute atomic E-state index is 2.26. The summed E-state index contributed by atoms with van der Waals surface area (Å²) in [4.78, 5) is 0. The van der Waals surface area contributed by atoms with Gasteiger partial charge in [-0.05, 0) is 0 Å². The van der Waals surface area contributed by atoms with E-state index in [0.717, 1.165) is 24.4 Å². The van der Waals surface area contributed by atoms with E-state index in [2.05, 4.69) is 6.92 Å². The summed E-state index contributed by atoms with van der Waals surface area (Å²) in [6, 6.07) is 0. The average Bonchev–Trinajstić information content (AvgIpc) is 1.69. The van der Waals surface area contributed by atoms with E-state index < -0.39 is 0 Å². The van der Waals surface area contributed by atoms with Crippen LogP contribution in [0.4, 0.5) is 0 Å². The van der Waals surface area contributed by atoms with Crippen molar-refractivity contribution < 1.29 is 0 Å². The maximum atomic E-state index is 2.26. The summed E-state index contributed by atoms with van der Waals surface area (Å²) >= 11 is 0.976. The van der Waals surface area contributed by atoms with Gasteiger partial charge in [0.05, 0.1) is 0 Å². The molecule has 0 atom stereocenters. The van der Waals surface area contributed by atoms with Crippen molar-refractivity contribution >= 4 is 49.2 Å². The number of hydrogen-bond acceptors (Lipinski definition) is 0. The third kappa shape index (κ3) is 17.7. The minimum absolute atomic E-state index is 0. The van der Waals surface area contributed by atoms with Crippen LogP contribution in [0, 0.1) is 0 Å². The van der Waals surface area contributed by atoms with E-state index >= 15 is 0 Å². The van der Waals surface area contributed by atoms with Crippen molar-refractivity contribution in [2.75, 3.05) is 0 Å². The minimum atomic E-state index is 0. The number of unbranched alkanes of at least 4 members (excludes halogenated alkanes) is 3. The molecule has 0 aliphatic carbocycles. The summed E-state index contributed by atoms with van der Waals surface area (Å²) in [6.07, 6.45) is 5.85. The molecule has 0 saturated heterocycles. The summed E-state index contributed by atoms with van der Waals surface area (Å²) in [6.45, 7) is 2.26. The van der Waals surface area contributed by atoms with Crippen LogP contribution in [0.1, 0.15) is 32.6 Å². The summed E-state index contributed by atoms with van der Waals surface area (Å²) in [5.41, 5.74) is 0. The van der Waals surface area contributed by atoms with Gasteiger partial charge in [-0.15, -0.1) is 24.8 Å². The van der Waals surface area contributed by atoms with Crippen molar-refractivity contribution in [3.63, 3.8) is 0 Å². The summed E-state index contributed by atoms with van der Waals surface area (Å²) in [5, 5.41) is 0. The minimum Gasteiger partial charge on any atom is -0.147 e. The predicted molar refractivity (Wildman–Crippen MR) is 52.0 cm³/mol. The summed E-state index contributed by atoms with van der Waals surface area (Å²) in [5.74, 6) is 0. The topological polar surface area (TPSA) is 0 Å². The van der Waals surface area contributed by atoms with Gasteiger partial charge in [-0.2, -0.15) is 0 Å². The van der Waals surface area contributed by atoms with Crippen LogP contribution in [0.3, 0.4) is 0 Å². The van der Waals surface area contributed by atoms with Gasteiger partial charge >= 0.3 is 61.2 Å². The third-order valence-electron chi connectivity index (χ3n) is 1.21. The zero-order valence-electron chi connectivity index (χ0n) is 6.35. The second-order valence-electron chi connectivity index (χ2n) is 2.06. The largest absolute Gasteiger partial charge is 0.147 e. The first kappa shape index (κ1) is 16.8. The fourth-order valence-electron chi connectivity index (χ4n) is 0.677. The number of rotatable bonds is 4. The van der Waals surface area contributed by atoms with Crippen LogP contribution in [-0.2, 0) is 0 Å². The molecule has 0 amide bonds. The van der Waals surface area contributed by atoms with Crippen LogP contribution in [0.15, 0.2) is 0 Å². The van der Waals surface area contributed by atoms with E-state index in [0.29, 0.717) is 0 Å². The molecule has 0 aromatic carbocycles. The Hall–Kier alpha value is 1.45. The molecule has 0 saturated carbocycles. The van der Waals surface area contributed by atoms with Crippen molar-refractivity contribution in [3.05, 3.63) is 0 Å². The quantitative estimate of drug-likeness (QED) is 0.691. The van der Waals surface area contributed by atoms with Gasteiger partial charge in [0.2, 0.25) is 0 Å². The molecule has 0 spiro atoms. The van der Waals surface area contributed by atoms with Crippen molar-refractivity contribution in [3.8, 4) is 0 Å². The molecule has 3 heteroatoms. The first-order valence-corrected chi connectivity index (χ1v) is 7.45. The molecule has 0 nitrogen and oxygen atoms in total.